The number of nitrogen functional groups attached to an aromatic ring is 2. The topological polar surface area (TPSA) is 95.6 Å². The minimum absolute atomic E-state index is 0.0931. The van der Waals surface area contributed by atoms with Crippen molar-refractivity contribution in [2.45, 2.75) is 22.4 Å². The molecule has 0 saturated heterocycles. The summed E-state index contributed by atoms with van der Waals surface area (Å²) in [4.78, 5) is 13.3. The summed E-state index contributed by atoms with van der Waals surface area (Å²) in [5.74, 6) is 0.481. The van der Waals surface area contributed by atoms with Gasteiger partial charge in [0, 0.05) is 24.7 Å². The largest absolute Gasteiger partial charge is 0.397 e. The Morgan fingerprint density at radius 1 is 1.22 bits per heavy atom. The van der Waals surface area contributed by atoms with Crippen LogP contribution in [0.25, 0.3) is 10.9 Å². The average molecular weight is 346 g/mol. The quantitative estimate of drug-likeness (QED) is 0.426. The third-order valence-electron chi connectivity index (χ3n) is 3.54. The second-order valence-corrected chi connectivity index (χ2v) is 7.33. The van der Waals surface area contributed by atoms with Gasteiger partial charge in [-0.25, -0.2) is 9.97 Å². The molecule has 1 atom stereocenters. The predicted molar refractivity (Wildman–Crippen MR) is 97.6 cm³/mol. The van der Waals surface area contributed by atoms with Crippen molar-refractivity contribution in [3.05, 3.63) is 30.2 Å². The number of rotatable bonds is 4. The van der Waals surface area contributed by atoms with E-state index in [2.05, 4.69) is 21.9 Å². The van der Waals surface area contributed by atoms with E-state index in [4.69, 9.17) is 11.5 Å². The third-order valence-corrected chi connectivity index (χ3v) is 5.15. The lowest BCUT2D eigenvalue weighted by molar-refractivity contribution is 0.888. The standard InChI is InChI=1S/C15H18N6S2/c1-8(23-15-19-13(17)5-14(20-15)22-3)11-4-9-10(16)7-21(2)12(9)6-18-11/h4-8H,16H2,1-3H3,(H2,17,19,20). The Hall–Kier alpha value is -1.93. The molecule has 0 radical (unpaired) electrons. The summed E-state index contributed by atoms with van der Waals surface area (Å²) in [5, 5.41) is 2.63. The van der Waals surface area contributed by atoms with Crippen molar-refractivity contribution in [2.75, 3.05) is 17.7 Å². The summed E-state index contributed by atoms with van der Waals surface area (Å²) in [6.07, 6.45) is 5.72. The Kier molecular flexibility index (Phi) is 4.36. The van der Waals surface area contributed by atoms with E-state index in [0.717, 1.165) is 27.3 Å². The van der Waals surface area contributed by atoms with Gasteiger partial charge in [0.1, 0.15) is 10.8 Å². The van der Waals surface area contributed by atoms with Crippen LogP contribution in [0.4, 0.5) is 11.5 Å². The van der Waals surface area contributed by atoms with Crippen molar-refractivity contribution >= 4 is 45.9 Å². The number of nitrogens with zero attached hydrogens (tertiary/aromatic N) is 4. The molecule has 3 aromatic heterocycles. The van der Waals surface area contributed by atoms with Gasteiger partial charge in [0.25, 0.3) is 0 Å². The molecule has 120 valence electrons. The number of aryl methyl sites for hydroxylation is 1. The van der Waals surface area contributed by atoms with Crippen molar-refractivity contribution in [3.8, 4) is 0 Å². The molecule has 3 rings (SSSR count). The van der Waals surface area contributed by atoms with Gasteiger partial charge in [-0.05, 0) is 19.2 Å². The average Bonchev–Trinajstić information content (AvgIpc) is 2.81. The maximum atomic E-state index is 6.06. The highest BCUT2D eigenvalue weighted by atomic mass is 32.2. The molecule has 0 saturated carbocycles. The molecule has 6 nitrogen and oxygen atoms in total. The molecule has 3 heterocycles. The Morgan fingerprint density at radius 2 is 2.00 bits per heavy atom. The Labute approximate surface area is 143 Å². The number of hydrogen-bond acceptors (Lipinski definition) is 7. The van der Waals surface area contributed by atoms with E-state index in [1.54, 1.807) is 17.8 Å². The molecule has 0 bridgehead atoms. The first-order valence-electron chi connectivity index (χ1n) is 7.03. The molecule has 0 aromatic carbocycles. The zero-order valence-corrected chi connectivity index (χ0v) is 14.8. The van der Waals surface area contributed by atoms with Crippen molar-refractivity contribution in [1.29, 1.82) is 0 Å². The van der Waals surface area contributed by atoms with Crippen LogP contribution < -0.4 is 11.5 Å². The van der Waals surface area contributed by atoms with Gasteiger partial charge in [-0.1, -0.05) is 11.8 Å². The summed E-state index contributed by atoms with van der Waals surface area (Å²) in [6.45, 7) is 2.07. The number of hydrogen-bond donors (Lipinski definition) is 2. The van der Waals surface area contributed by atoms with Crippen LogP contribution in [0.5, 0.6) is 0 Å². The Bertz CT molecular complexity index is 861. The van der Waals surface area contributed by atoms with E-state index >= 15 is 0 Å². The highest BCUT2D eigenvalue weighted by Gasteiger charge is 2.14. The number of nitrogens with two attached hydrogens (primary N) is 2. The SMILES string of the molecule is CSc1cc(N)nc(SC(C)c2cc3c(N)cn(C)c3cn2)n1. The van der Waals surface area contributed by atoms with Gasteiger partial charge in [-0.15, -0.1) is 11.8 Å². The molecule has 0 amide bonds. The fourth-order valence-corrected chi connectivity index (χ4v) is 3.69. The first kappa shape index (κ1) is 15.9. The molecular formula is C15H18N6S2. The molecule has 0 aliphatic carbocycles. The summed E-state index contributed by atoms with van der Waals surface area (Å²) < 4.78 is 1.98. The zero-order valence-electron chi connectivity index (χ0n) is 13.1. The molecule has 8 heteroatoms. The van der Waals surface area contributed by atoms with Crippen LogP contribution in [0.15, 0.2) is 34.7 Å². The lowest BCUT2D eigenvalue weighted by atomic mass is 10.2. The molecule has 23 heavy (non-hydrogen) atoms. The summed E-state index contributed by atoms with van der Waals surface area (Å²) in [6, 6.07) is 3.80. The van der Waals surface area contributed by atoms with Gasteiger partial charge in [0.05, 0.1) is 28.3 Å². The van der Waals surface area contributed by atoms with Gasteiger partial charge in [-0.3, -0.25) is 4.98 Å². The minimum atomic E-state index is 0.0931. The molecule has 0 aliphatic heterocycles. The van der Waals surface area contributed by atoms with Crippen LogP contribution in [-0.4, -0.2) is 25.8 Å². The van der Waals surface area contributed by atoms with Crippen LogP contribution in [0.3, 0.4) is 0 Å². The first-order valence-corrected chi connectivity index (χ1v) is 9.14. The van der Waals surface area contributed by atoms with E-state index in [1.165, 1.54) is 11.8 Å². The summed E-state index contributed by atoms with van der Waals surface area (Å²) in [7, 11) is 1.96. The maximum Gasteiger partial charge on any atom is 0.191 e. The molecule has 0 aliphatic rings. The van der Waals surface area contributed by atoms with E-state index in [-0.39, 0.29) is 5.25 Å². The summed E-state index contributed by atoms with van der Waals surface area (Å²) in [5.41, 5.74) is 14.6. The van der Waals surface area contributed by atoms with Gasteiger partial charge >= 0.3 is 0 Å². The number of anilines is 2. The lowest BCUT2D eigenvalue weighted by Crippen LogP contribution is -1.99. The summed E-state index contributed by atoms with van der Waals surface area (Å²) >= 11 is 3.08. The predicted octanol–water partition coefficient (Wildman–Crippen LogP) is 3.10. The van der Waals surface area contributed by atoms with Crippen LogP contribution in [-0.2, 0) is 7.05 Å². The van der Waals surface area contributed by atoms with Gasteiger partial charge in [-0.2, -0.15) is 0 Å². The number of thioether (sulfide) groups is 2. The van der Waals surface area contributed by atoms with Crippen LogP contribution in [0, 0.1) is 0 Å². The van der Waals surface area contributed by atoms with Crippen LogP contribution in [0.2, 0.25) is 0 Å². The van der Waals surface area contributed by atoms with Gasteiger partial charge < -0.3 is 16.0 Å². The van der Waals surface area contributed by atoms with Crippen LogP contribution in [0.1, 0.15) is 17.9 Å². The zero-order chi connectivity index (χ0) is 16.6. The number of aromatic nitrogens is 4. The number of pyridine rings is 1. The molecule has 1 unspecified atom stereocenters. The molecule has 4 N–H and O–H groups in total. The van der Waals surface area contributed by atoms with Gasteiger partial charge in [0.15, 0.2) is 5.16 Å². The van der Waals surface area contributed by atoms with Gasteiger partial charge in [0.2, 0.25) is 0 Å². The molecule has 3 aromatic rings. The normalized spacial score (nSPS) is 12.7. The van der Waals surface area contributed by atoms with E-state index < -0.39 is 0 Å². The molecular weight excluding hydrogens is 328 g/mol. The van der Waals surface area contributed by atoms with Crippen molar-refractivity contribution in [2.24, 2.45) is 7.05 Å². The minimum Gasteiger partial charge on any atom is -0.397 e. The second-order valence-electron chi connectivity index (χ2n) is 5.20. The van der Waals surface area contributed by atoms with Crippen LogP contribution >= 0.6 is 23.5 Å². The van der Waals surface area contributed by atoms with E-state index in [1.807, 2.05) is 36.3 Å². The maximum absolute atomic E-state index is 6.06. The smallest absolute Gasteiger partial charge is 0.191 e. The van der Waals surface area contributed by atoms with Crippen molar-refractivity contribution in [3.63, 3.8) is 0 Å². The van der Waals surface area contributed by atoms with E-state index in [9.17, 15) is 0 Å². The second kappa shape index (κ2) is 6.29. The fraction of sp³-hybridized carbons (Fsp3) is 0.267. The van der Waals surface area contributed by atoms with Crippen molar-refractivity contribution in [1.82, 2.24) is 19.5 Å². The highest BCUT2D eigenvalue weighted by molar-refractivity contribution is 7.99. The number of fused-ring (bicyclic) bond motifs is 1. The monoisotopic (exact) mass is 346 g/mol. The van der Waals surface area contributed by atoms with E-state index in [0.29, 0.717) is 11.0 Å². The third kappa shape index (κ3) is 3.23. The Balaban J connectivity index is 1.90. The first-order chi connectivity index (χ1) is 11.0. The Morgan fingerprint density at radius 3 is 2.74 bits per heavy atom. The molecule has 0 fully saturated rings. The highest BCUT2D eigenvalue weighted by Crippen LogP contribution is 2.35. The van der Waals surface area contributed by atoms with Crippen molar-refractivity contribution < 1.29 is 0 Å². The molecule has 0 spiro atoms. The fourth-order valence-electron chi connectivity index (χ4n) is 2.34. The lowest BCUT2D eigenvalue weighted by Gasteiger charge is -2.11.